The maximum atomic E-state index is 15.1. The molecule has 0 heterocycles. The molecule has 3 rings (SSSR count). The first-order valence-electron chi connectivity index (χ1n) is 13.0. The number of esters is 1. The van der Waals surface area contributed by atoms with E-state index in [4.69, 9.17) is 13.9 Å². The van der Waals surface area contributed by atoms with E-state index in [1.54, 1.807) is 19.6 Å². The van der Waals surface area contributed by atoms with Crippen LogP contribution in [0, 0.1) is 5.82 Å². The van der Waals surface area contributed by atoms with Gasteiger partial charge in [-0.2, -0.15) is 13.2 Å². The van der Waals surface area contributed by atoms with Crippen molar-refractivity contribution < 1.29 is 36.3 Å². The van der Waals surface area contributed by atoms with Gasteiger partial charge in [0.15, 0.2) is 8.32 Å². The molecule has 0 saturated heterocycles. The molecule has 210 valence electrons. The molecule has 0 amide bonds. The minimum absolute atomic E-state index is 0.206. The Morgan fingerprint density at radius 3 is 2.21 bits per heavy atom. The Bertz CT molecular complexity index is 1100. The summed E-state index contributed by atoms with van der Waals surface area (Å²) in [6, 6.07) is 13.1. The smallest absolute Gasteiger partial charge is 0.427 e. The van der Waals surface area contributed by atoms with Gasteiger partial charge in [-0.25, -0.2) is 9.18 Å². The largest absolute Gasteiger partial charge is 0.496 e. The Hall–Kier alpha value is -2.39. The van der Waals surface area contributed by atoms with E-state index in [-0.39, 0.29) is 17.2 Å². The molecular weight excluding hydrogens is 516 g/mol. The van der Waals surface area contributed by atoms with Crippen molar-refractivity contribution in [2.75, 3.05) is 7.11 Å². The van der Waals surface area contributed by atoms with Crippen LogP contribution in [0.5, 0.6) is 5.75 Å². The molecule has 0 radical (unpaired) electrons. The van der Waals surface area contributed by atoms with Crippen molar-refractivity contribution in [2.45, 2.75) is 94.8 Å². The predicted octanol–water partition coefficient (Wildman–Crippen LogP) is 7.92. The number of carbonyl (C=O) groups is 1. The SMILES string of the molecule is COc1ccc(F)cc1C(C)(C)C[C@](O[Si](C)(C)C)(C(=O)O[C@@H]1CCCC[C@H]1c1ccccc1)C(F)(F)F. The van der Waals surface area contributed by atoms with Crippen LogP contribution in [0.2, 0.25) is 19.6 Å². The summed E-state index contributed by atoms with van der Waals surface area (Å²) in [5.74, 6) is -2.04. The highest BCUT2D eigenvalue weighted by Gasteiger charge is 2.66. The molecule has 1 saturated carbocycles. The summed E-state index contributed by atoms with van der Waals surface area (Å²) >= 11 is 0. The van der Waals surface area contributed by atoms with Crippen LogP contribution in [0.15, 0.2) is 48.5 Å². The Labute approximate surface area is 223 Å². The highest BCUT2D eigenvalue weighted by Crippen LogP contribution is 2.48. The van der Waals surface area contributed by atoms with Gasteiger partial charge < -0.3 is 13.9 Å². The van der Waals surface area contributed by atoms with E-state index in [0.29, 0.717) is 12.8 Å². The Kier molecular flexibility index (Phi) is 9.03. The second-order valence-corrected chi connectivity index (χ2v) is 16.1. The molecule has 1 fully saturated rings. The summed E-state index contributed by atoms with van der Waals surface area (Å²) in [4.78, 5) is 13.8. The summed E-state index contributed by atoms with van der Waals surface area (Å²) in [7, 11) is -1.61. The first-order valence-corrected chi connectivity index (χ1v) is 16.4. The van der Waals surface area contributed by atoms with Gasteiger partial charge in [0.05, 0.1) is 7.11 Å². The number of methoxy groups -OCH3 is 1. The molecule has 1 aliphatic carbocycles. The van der Waals surface area contributed by atoms with E-state index in [1.807, 2.05) is 30.3 Å². The molecule has 38 heavy (non-hydrogen) atoms. The number of halogens is 4. The third-order valence-corrected chi connectivity index (χ3v) is 8.00. The first kappa shape index (κ1) is 30.2. The second kappa shape index (κ2) is 11.4. The summed E-state index contributed by atoms with van der Waals surface area (Å²) in [6.07, 6.45) is -3.77. The molecule has 1 aliphatic rings. The van der Waals surface area contributed by atoms with Crippen molar-refractivity contribution >= 4 is 14.3 Å². The Morgan fingerprint density at radius 2 is 1.63 bits per heavy atom. The van der Waals surface area contributed by atoms with Crippen molar-refractivity contribution in [2.24, 2.45) is 0 Å². The molecule has 0 aromatic heterocycles. The molecular formula is C29H38F4O4Si. The fourth-order valence-electron chi connectivity index (χ4n) is 5.43. The summed E-state index contributed by atoms with van der Waals surface area (Å²) < 4.78 is 76.5. The lowest BCUT2D eigenvalue weighted by molar-refractivity contribution is -0.264. The predicted molar refractivity (Wildman–Crippen MR) is 141 cm³/mol. The van der Waals surface area contributed by atoms with Gasteiger partial charge in [-0.05, 0) is 68.1 Å². The average Bonchev–Trinajstić information content (AvgIpc) is 2.82. The Balaban J connectivity index is 2.07. The van der Waals surface area contributed by atoms with Gasteiger partial charge in [-0.1, -0.05) is 50.6 Å². The van der Waals surface area contributed by atoms with Crippen LogP contribution in [0.1, 0.15) is 63.0 Å². The monoisotopic (exact) mass is 554 g/mol. The van der Waals surface area contributed by atoms with Crippen LogP contribution in [0.3, 0.4) is 0 Å². The average molecular weight is 555 g/mol. The lowest BCUT2D eigenvalue weighted by Crippen LogP contribution is -2.62. The first-order chi connectivity index (χ1) is 17.6. The lowest BCUT2D eigenvalue weighted by Gasteiger charge is -2.44. The molecule has 2 aromatic carbocycles. The fraction of sp³-hybridized carbons (Fsp3) is 0.552. The van der Waals surface area contributed by atoms with Crippen molar-refractivity contribution in [3.05, 3.63) is 65.5 Å². The lowest BCUT2D eigenvalue weighted by atomic mass is 9.74. The van der Waals surface area contributed by atoms with Crippen molar-refractivity contribution in [1.82, 2.24) is 0 Å². The van der Waals surface area contributed by atoms with E-state index in [2.05, 4.69) is 0 Å². The zero-order valence-corrected chi connectivity index (χ0v) is 24.0. The molecule has 3 atom stereocenters. The van der Waals surface area contributed by atoms with Crippen molar-refractivity contribution in [3.8, 4) is 5.75 Å². The third-order valence-electron chi connectivity index (χ3n) is 7.04. The van der Waals surface area contributed by atoms with E-state index in [1.165, 1.54) is 33.1 Å². The van der Waals surface area contributed by atoms with Crippen molar-refractivity contribution in [3.63, 3.8) is 0 Å². The van der Waals surface area contributed by atoms with Crippen LogP contribution in [0.4, 0.5) is 17.6 Å². The summed E-state index contributed by atoms with van der Waals surface area (Å²) in [6.45, 7) is 7.86. The quantitative estimate of drug-likeness (QED) is 0.179. The van der Waals surface area contributed by atoms with Gasteiger partial charge >= 0.3 is 12.1 Å². The molecule has 9 heteroatoms. The number of hydrogen-bond donors (Lipinski definition) is 0. The maximum absolute atomic E-state index is 15.1. The molecule has 0 spiro atoms. The molecule has 0 bridgehead atoms. The van der Waals surface area contributed by atoms with Gasteiger partial charge in [-0.3, -0.25) is 0 Å². The molecule has 2 aromatic rings. The van der Waals surface area contributed by atoms with Crippen LogP contribution < -0.4 is 4.74 Å². The van der Waals surface area contributed by atoms with E-state index in [0.717, 1.165) is 24.5 Å². The highest BCUT2D eigenvalue weighted by molar-refractivity contribution is 6.70. The Morgan fingerprint density at radius 1 is 1.00 bits per heavy atom. The van der Waals surface area contributed by atoms with Crippen LogP contribution in [-0.4, -0.2) is 39.3 Å². The number of alkyl halides is 3. The minimum Gasteiger partial charge on any atom is -0.496 e. The highest BCUT2D eigenvalue weighted by atomic mass is 28.4. The van der Waals surface area contributed by atoms with Gasteiger partial charge in [0.25, 0.3) is 5.60 Å². The second-order valence-electron chi connectivity index (χ2n) is 11.7. The minimum atomic E-state index is -5.08. The summed E-state index contributed by atoms with van der Waals surface area (Å²) in [5.41, 5.74) is -3.47. The van der Waals surface area contributed by atoms with Crippen molar-refractivity contribution in [1.29, 1.82) is 0 Å². The number of ether oxygens (including phenoxy) is 2. The van der Waals surface area contributed by atoms with E-state index in [9.17, 15) is 9.18 Å². The number of carbonyl (C=O) groups excluding carboxylic acids is 1. The number of rotatable bonds is 9. The zero-order valence-electron chi connectivity index (χ0n) is 23.0. The third kappa shape index (κ3) is 6.78. The molecule has 0 N–H and O–H groups in total. The van der Waals surface area contributed by atoms with Gasteiger partial charge in [0, 0.05) is 17.9 Å². The summed E-state index contributed by atoms with van der Waals surface area (Å²) in [5, 5.41) is 0. The van der Waals surface area contributed by atoms with Gasteiger partial charge in [0.1, 0.15) is 17.7 Å². The van der Waals surface area contributed by atoms with Crippen LogP contribution in [0.25, 0.3) is 0 Å². The molecule has 0 unspecified atom stereocenters. The fourth-order valence-corrected chi connectivity index (χ4v) is 6.74. The van der Waals surface area contributed by atoms with Gasteiger partial charge in [0.2, 0.25) is 0 Å². The van der Waals surface area contributed by atoms with E-state index >= 15 is 13.2 Å². The van der Waals surface area contributed by atoms with Crippen LogP contribution >= 0.6 is 0 Å². The molecule has 4 nitrogen and oxygen atoms in total. The number of hydrogen-bond acceptors (Lipinski definition) is 4. The van der Waals surface area contributed by atoms with Gasteiger partial charge in [-0.15, -0.1) is 0 Å². The standard InChI is InChI=1S/C29H38F4O4Si/c1-27(2,23-18-21(30)16-17-25(23)35-3)19-28(29(31,32)33,37-38(4,5)6)26(34)36-24-15-11-10-14-22(24)20-12-8-7-9-13-20/h7-9,12-13,16-18,22,24H,10-11,14-15,19H2,1-6H3/t22-,24+,28-/m0/s1. The zero-order chi connectivity index (χ0) is 28.4. The molecule has 0 aliphatic heterocycles. The normalized spacial score (nSPS) is 20.5. The van der Waals surface area contributed by atoms with E-state index < -0.39 is 49.8 Å². The topological polar surface area (TPSA) is 44.8 Å². The number of benzene rings is 2. The maximum Gasteiger partial charge on any atom is 0.427 e. The van der Waals surface area contributed by atoms with Crippen LogP contribution in [-0.2, 0) is 19.4 Å².